The Morgan fingerprint density at radius 2 is 1.97 bits per heavy atom. The first-order valence-electron chi connectivity index (χ1n) is 11.4. The fraction of sp³-hybridized carbons (Fsp3) is 0.478. The number of rotatable bonds is 8. The number of thiophene rings is 1. The number of benzene rings is 1. The molecule has 0 spiro atoms. The van der Waals surface area contributed by atoms with E-state index >= 15 is 0 Å². The first-order valence-corrected chi connectivity index (χ1v) is 12.3. The summed E-state index contributed by atoms with van der Waals surface area (Å²) < 4.78 is 5.44. The molecule has 0 amide bonds. The third-order valence-corrected chi connectivity index (χ3v) is 7.61. The molecule has 0 radical (unpaired) electrons. The maximum Gasteiger partial charge on any atom is 0.269 e. The molecule has 0 bridgehead atoms. The number of aryl methyl sites for hydroxylation is 2. The fourth-order valence-electron chi connectivity index (χ4n) is 4.60. The van der Waals surface area contributed by atoms with Crippen LogP contribution in [0.15, 0.2) is 24.3 Å². The van der Waals surface area contributed by atoms with Crippen molar-refractivity contribution in [3.8, 4) is 0 Å². The van der Waals surface area contributed by atoms with Gasteiger partial charge in [-0.1, -0.05) is 0 Å². The zero-order chi connectivity index (χ0) is 23.7. The van der Waals surface area contributed by atoms with Gasteiger partial charge < -0.3 is 20.3 Å². The molecular weight excluding hydrogens is 458 g/mol. The van der Waals surface area contributed by atoms with Gasteiger partial charge in [-0.05, 0) is 42.5 Å². The van der Waals surface area contributed by atoms with Crippen molar-refractivity contribution >= 4 is 33.1 Å². The van der Waals surface area contributed by atoms with Crippen LogP contribution in [-0.2, 0) is 24.1 Å². The van der Waals surface area contributed by atoms with E-state index in [1.165, 1.54) is 34.7 Å². The number of non-ortho nitro benzene ring substituents is 1. The van der Waals surface area contributed by atoms with Gasteiger partial charge in [-0.2, -0.15) is 0 Å². The van der Waals surface area contributed by atoms with Crippen LogP contribution >= 0.6 is 11.3 Å². The molecule has 2 aromatic heterocycles. The molecule has 1 saturated heterocycles. The minimum Gasteiger partial charge on any atom is -0.394 e. The van der Waals surface area contributed by atoms with Gasteiger partial charge in [0, 0.05) is 30.1 Å². The largest absolute Gasteiger partial charge is 0.394 e. The van der Waals surface area contributed by atoms with Crippen LogP contribution in [0, 0.1) is 10.1 Å². The van der Waals surface area contributed by atoms with Gasteiger partial charge in [0.1, 0.15) is 22.6 Å². The van der Waals surface area contributed by atoms with Crippen LogP contribution in [0.5, 0.6) is 0 Å². The van der Waals surface area contributed by atoms with Crippen LogP contribution in [0.1, 0.15) is 34.4 Å². The normalized spacial score (nSPS) is 18.1. The highest BCUT2D eigenvalue weighted by Gasteiger charge is 2.27. The van der Waals surface area contributed by atoms with E-state index < -0.39 is 17.1 Å². The van der Waals surface area contributed by atoms with Gasteiger partial charge in [-0.15, -0.1) is 11.3 Å². The predicted molar refractivity (Wildman–Crippen MR) is 128 cm³/mol. The Kier molecular flexibility index (Phi) is 6.70. The molecule has 0 unspecified atom stereocenters. The maximum absolute atomic E-state index is 11.0. The molecule has 3 heterocycles. The van der Waals surface area contributed by atoms with Crippen LogP contribution in [0.25, 0.3) is 10.2 Å². The van der Waals surface area contributed by atoms with Crippen molar-refractivity contribution in [2.24, 2.45) is 0 Å². The number of nitro groups is 1. The Morgan fingerprint density at radius 1 is 1.21 bits per heavy atom. The molecule has 10 nitrogen and oxygen atoms in total. The van der Waals surface area contributed by atoms with E-state index in [9.17, 15) is 20.3 Å². The highest BCUT2D eigenvalue weighted by molar-refractivity contribution is 7.19. The summed E-state index contributed by atoms with van der Waals surface area (Å²) >= 11 is 1.70. The van der Waals surface area contributed by atoms with Crippen molar-refractivity contribution in [3.05, 3.63) is 56.2 Å². The van der Waals surface area contributed by atoms with E-state index in [4.69, 9.17) is 14.7 Å². The molecule has 0 saturated carbocycles. The molecule has 1 aliphatic heterocycles. The average molecular weight is 486 g/mol. The Labute approximate surface area is 200 Å². The van der Waals surface area contributed by atoms with Gasteiger partial charge in [-0.3, -0.25) is 15.0 Å². The number of anilines is 1. The zero-order valence-electron chi connectivity index (χ0n) is 18.6. The second-order valence-corrected chi connectivity index (χ2v) is 9.72. The molecule has 1 aromatic carbocycles. The summed E-state index contributed by atoms with van der Waals surface area (Å²) in [4.78, 5) is 24.7. The Bertz CT molecular complexity index is 1180. The molecule has 180 valence electrons. The topological polar surface area (TPSA) is 134 Å². The SMILES string of the molecule is O=[N+]([O-])c1ccc([C@@H](O)[C@@H](CO)Nc2nc(CN3CCOCC3)nc3sc4c(c23)CCC4)cc1. The van der Waals surface area contributed by atoms with E-state index in [1.54, 1.807) is 11.3 Å². The minimum absolute atomic E-state index is 0.0523. The zero-order valence-corrected chi connectivity index (χ0v) is 19.5. The number of ether oxygens (including phenoxy) is 1. The van der Waals surface area contributed by atoms with E-state index in [2.05, 4.69) is 10.2 Å². The number of morpholine rings is 1. The summed E-state index contributed by atoms with van der Waals surface area (Å²) in [6.07, 6.45) is 2.01. The second-order valence-electron chi connectivity index (χ2n) is 8.64. The Balaban J connectivity index is 1.45. The molecule has 2 atom stereocenters. The van der Waals surface area contributed by atoms with Crippen LogP contribution < -0.4 is 5.32 Å². The van der Waals surface area contributed by atoms with Gasteiger partial charge in [0.05, 0.1) is 42.7 Å². The van der Waals surface area contributed by atoms with Crippen molar-refractivity contribution < 1.29 is 19.9 Å². The number of aliphatic hydroxyl groups is 2. The van der Waals surface area contributed by atoms with E-state index in [0.717, 1.165) is 42.6 Å². The lowest BCUT2D eigenvalue weighted by molar-refractivity contribution is -0.384. The molecule has 3 N–H and O–H groups in total. The first-order chi connectivity index (χ1) is 16.5. The lowest BCUT2D eigenvalue weighted by atomic mass is 10.0. The van der Waals surface area contributed by atoms with Crippen LogP contribution in [0.3, 0.4) is 0 Å². The monoisotopic (exact) mass is 485 g/mol. The summed E-state index contributed by atoms with van der Waals surface area (Å²) in [7, 11) is 0. The maximum atomic E-state index is 11.0. The average Bonchev–Trinajstić information content (AvgIpc) is 3.44. The number of nitrogens with zero attached hydrogens (tertiary/aromatic N) is 4. The molecule has 1 aliphatic carbocycles. The third-order valence-electron chi connectivity index (χ3n) is 6.43. The van der Waals surface area contributed by atoms with Crippen LogP contribution in [0.4, 0.5) is 11.5 Å². The molecule has 5 rings (SSSR count). The van der Waals surface area contributed by atoms with Gasteiger partial charge in [0.2, 0.25) is 0 Å². The quantitative estimate of drug-likeness (QED) is 0.325. The number of nitrogens with one attached hydrogen (secondary N) is 1. The second kappa shape index (κ2) is 9.88. The van der Waals surface area contributed by atoms with Gasteiger partial charge >= 0.3 is 0 Å². The van der Waals surface area contributed by atoms with E-state index in [0.29, 0.717) is 37.0 Å². The van der Waals surface area contributed by atoms with Crippen molar-refractivity contribution in [1.29, 1.82) is 0 Å². The summed E-state index contributed by atoms with van der Waals surface area (Å²) in [6, 6.07) is 4.97. The van der Waals surface area contributed by atoms with Crippen molar-refractivity contribution in [3.63, 3.8) is 0 Å². The molecule has 34 heavy (non-hydrogen) atoms. The number of fused-ring (bicyclic) bond motifs is 3. The van der Waals surface area contributed by atoms with Crippen LogP contribution in [0.2, 0.25) is 0 Å². The molecule has 3 aromatic rings. The Morgan fingerprint density at radius 3 is 2.68 bits per heavy atom. The van der Waals surface area contributed by atoms with E-state index in [1.807, 2.05) is 0 Å². The van der Waals surface area contributed by atoms with Crippen molar-refractivity contribution in [2.75, 3.05) is 38.2 Å². The fourth-order valence-corrected chi connectivity index (χ4v) is 5.88. The third kappa shape index (κ3) is 4.62. The molecular formula is C23H27N5O5S. The van der Waals surface area contributed by atoms with Crippen molar-refractivity contribution in [1.82, 2.24) is 14.9 Å². The minimum atomic E-state index is -1.08. The molecule has 1 fully saturated rings. The smallest absolute Gasteiger partial charge is 0.269 e. The first kappa shape index (κ1) is 23.1. The Hall–Kier alpha value is -2.70. The molecule has 11 heteroatoms. The van der Waals surface area contributed by atoms with E-state index in [-0.39, 0.29) is 12.3 Å². The van der Waals surface area contributed by atoms with Crippen molar-refractivity contribution in [2.45, 2.75) is 38.0 Å². The summed E-state index contributed by atoms with van der Waals surface area (Å²) in [5.41, 5.74) is 1.68. The number of aromatic nitrogens is 2. The number of nitro benzene ring substituents is 1. The van der Waals surface area contributed by atoms with Gasteiger partial charge in [-0.25, -0.2) is 9.97 Å². The lowest BCUT2D eigenvalue weighted by Crippen LogP contribution is -2.36. The summed E-state index contributed by atoms with van der Waals surface area (Å²) in [5, 5.41) is 36.3. The number of aliphatic hydroxyl groups excluding tert-OH is 2. The predicted octanol–water partition coefficient (Wildman–Crippen LogP) is 2.43. The highest BCUT2D eigenvalue weighted by Crippen LogP contribution is 2.40. The van der Waals surface area contributed by atoms with Gasteiger partial charge in [0.15, 0.2) is 0 Å². The standard InChI is InChI=1S/C23H27N5O5S/c29-13-17(21(30)14-4-6-15(7-5-14)28(31)32)24-22-20-16-2-1-3-18(16)34-23(20)26-19(25-22)12-27-8-10-33-11-9-27/h4-7,17,21,29-30H,1-3,8-13H2,(H,24,25,26)/t17-,21-/m1/s1. The highest BCUT2D eigenvalue weighted by atomic mass is 32.1. The lowest BCUT2D eigenvalue weighted by Gasteiger charge is -2.26. The number of hydrogen-bond donors (Lipinski definition) is 3. The summed E-state index contributed by atoms with van der Waals surface area (Å²) in [5.74, 6) is 1.31. The molecule has 2 aliphatic rings. The summed E-state index contributed by atoms with van der Waals surface area (Å²) in [6.45, 7) is 3.29. The number of hydrogen-bond acceptors (Lipinski definition) is 10. The van der Waals surface area contributed by atoms with Gasteiger partial charge in [0.25, 0.3) is 5.69 Å². The van der Waals surface area contributed by atoms with Crippen LogP contribution in [-0.4, -0.2) is 69.0 Å².